The second kappa shape index (κ2) is 8.62. The van der Waals surface area contributed by atoms with Crippen LogP contribution >= 0.6 is 0 Å². The fourth-order valence-corrected chi connectivity index (χ4v) is 2.80. The molecule has 2 rings (SSSR count). The first-order valence-corrected chi connectivity index (χ1v) is 8.36. The van der Waals surface area contributed by atoms with Crippen molar-refractivity contribution in [2.75, 3.05) is 44.6 Å². The summed E-state index contributed by atoms with van der Waals surface area (Å²) >= 11 is 0. The Kier molecular flexibility index (Phi) is 6.52. The number of para-hydroxylation sites is 1. The molecular formula is C18H25N3O4. The van der Waals surface area contributed by atoms with E-state index in [1.807, 2.05) is 36.9 Å². The van der Waals surface area contributed by atoms with Gasteiger partial charge in [-0.2, -0.15) is 0 Å². The minimum absolute atomic E-state index is 0.0583. The summed E-state index contributed by atoms with van der Waals surface area (Å²) < 4.78 is 4.73. The lowest BCUT2D eigenvalue weighted by molar-refractivity contribution is -0.151. The van der Waals surface area contributed by atoms with Gasteiger partial charge in [-0.3, -0.25) is 19.3 Å². The van der Waals surface area contributed by atoms with E-state index in [9.17, 15) is 14.4 Å². The quantitative estimate of drug-likeness (QED) is 0.803. The topological polar surface area (TPSA) is 79.0 Å². The molecule has 0 radical (unpaired) electrons. The van der Waals surface area contributed by atoms with Gasteiger partial charge in [0.05, 0.1) is 6.54 Å². The lowest BCUT2D eigenvalue weighted by Crippen LogP contribution is -2.51. The average molecular weight is 347 g/mol. The molecule has 1 saturated heterocycles. The zero-order valence-electron chi connectivity index (χ0n) is 15.0. The Labute approximate surface area is 147 Å². The maximum atomic E-state index is 12.3. The molecule has 0 atom stereocenters. The number of aryl methyl sites for hydroxylation is 2. The number of ether oxygens (including phenoxy) is 1. The van der Waals surface area contributed by atoms with Crippen LogP contribution in [0.1, 0.15) is 18.1 Å². The molecule has 1 N–H and O–H groups in total. The summed E-state index contributed by atoms with van der Waals surface area (Å²) in [6.07, 6.45) is 0. The van der Waals surface area contributed by atoms with Gasteiger partial charge in [0, 0.05) is 38.8 Å². The number of piperazine rings is 1. The zero-order valence-corrected chi connectivity index (χ0v) is 15.0. The fraction of sp³-hybridized carbons (Fsp3) is 0.500. The Morgan fingerprint density at radius 1 is 1.08 bits per heavy atom. The summed E-state index contributed by atoms with van der Waals surface area (Å²) in [5, 5.41) is 2.97. The molecule has 1 fully saturated rings. The van der Waals surface area contributed by atoms with Crippen molar-refractivity contribution >= 4 is 23.5 Å². The lowest BCUT2D eigenvalue weighted by atomic mass is 10.1. The predicted octanol–water partition coefficient (Wildman–Crippen LogP) is 0.949. The largest absolute Gasteiger partial charge is 0.456 e. The molecule has 0 bridgehead atoms. The van der Waals surface area contributed by atoms with Crippen molar-refractivity contribution in [2.24, 2.45) is 0 Å². The molecule has 1 heterocycles. The maximum absolute atomic E-state index is 12.3. The van der Waals surface area contributed by atoms with E-state index < -0.39 is 5.97 Å². The van der Waals surface area contributed by atoms with Crippen LogP contribution < -0.4 is 5.32 Å². The summed E-state index contributed by atoms with van der Waals surface area (Å²) in [5.41, 5.74) is 2.94. The van der Waals surface area contributed by atoms with E-state index in [1.165, 1.54) is 6.92 Å². The number of carbonyl (C=O) groups is 3. The summed E-state index contributed by atoms with van der Waals surface area (Å²) in [5.74, 6) is -0.720. The number of hydrogen-bond donors (Lipinski definition) is 1. The van der Waals surface area contributed by atoms with Crippen LogP contribution in [0.25, 0.3) is 0 Å². The number of hydrogen-bond acceptors (Lipinski definition) is 5. The first kappa shape index (κ1) is 18.9. The number of carbonyl (C=O) groups excluding carboxylic acids is 3. The lowest BCUT2D eigenvalue weighted by Gasteiger charge is -2.34. The molecule has 0 aliphatic carbocycles. The van der Waals surface area contributed by atoms with Gasteiger partial charge in [0.15, 0.2) is 6.61 Å². The molecule has 1 aromatic rings. The van der Waals surface area contributed by atoms with Crippen molar-refractivity contribution in [2.45, 2.75) is 20.8 Å². The Balaban J connectivity index is 1.79. The Morgan fingerprint density at radius 3 is 2.24 bits per heavy atom. The summed E-state index contributed by atoms with van der Waals surface area (Å²) in [4.78, 5) is 38.6. The van der Waals surface area contributed by atoms with Crippen molar-refractivity contribution in [3.8, 4) is 0 Å². The standard InChI is InChI=1S/C18H25N3O4/c1-13-5-4-6-14(2)18(13)19-16(23)11-20-7-9-21(10-8-20)17(24)12-25-15(3)22/h4-6H,7-12H2,1-3H3,(H,19,23). The summed E-state index contributed by atoms with van der Waals surface area (Å²) in [6, 6.07) is 5.90. The molecule has 1 aromatic carbocycles. The molecule has 7 heteroatoms. The number of amides is 2. The SMILES string of the molecule is CC(=O)OCC(=O)N1CCN(CC(=O)Nc2c(C)cccc2C)CC1. The van der Waals surface area contributed by atoms with Crippen LogP contribution in [-0.2, 0) is 19.1 Å². The predicted molar refractivity (Wildman–Crippen MR) is 94.2 cm³/mol. The molecule has 0 spiro atoms. The molecule has 0 unspecified atom stereocenters. The van der Waals surface area contributed by atoms with Crippen LogP contribution in [0, 0.1) is 13.8 Å². The van der Waals surface area contributed by atoms with E-state index in [1.54, 1.807) is 4.90 Å². The van der Waals surface area contributed by atoms with Crippen LogP contribution in [0.3, 0.4) is 0 Å². The zero-order chi connectivity index (χ0) is 18.4. The molecule has 2 amide bonds. The molecular weight excluding hydrogens is 322 g/mol. The van der Waals surface area contributed by atoms with Gasteiger partial charge in [-0.25, -0.2) is 0 Å². The number of nitrogens with one attached hydrogen (secondary N) is 1. The van der Waals surface area contributed by atoms with E-state index in [2.05, 4.69) is 5.32 Å². The number of esters is 1. The van der Waals surface area contributed by atoms with Crippen molar-refractivity contribution in [3.05, 3.63) is 29.3 Å². The van der Waals surface area contributed by atoms with Gasteiger partial charge in [-0.1, -0.05) is 18.2 Å². The van der Waals surface area contributed by atoms with Gasteiger partial charge in [0.2, 0.25) is 5.91 Å². The molecule has 0 saturated carbocycles. The van der Waals surface area contributed by atoms with Crippen LogP contribution in [0.2, 0.25) is 0 Å². The third-order valence-corrected chi connectivity index (χ3v) is 4.24. The van der Waals surface area contributed by atoms with Crippen LogP contribution in [-0.4, -0.2) is 66.9 Å². The number of anilines is 1. The molecule has 1 aliphatic heterocycles. The Morgan fingerprint density at radius 2 is 1.68 bits per heavy atom. The van der Waals surface area contributed by atoms with Gasteiger partial charge in [-0.15, -0.1) is 0 Å². The number of nitrogens with zero attached hydrogens (tertiary/aromatic N) is 2. The molecule has 7 nitrogen and oxygen atoms in total. The highest BCUT2D eigenvalue weighted by Gasteiger charge is 2.23. The average Bonchev–Trinajstić information content (AvgIpc) is 2.57. The van der Waals surface area contributed by atoms with Gasteiger partial charge in [0.1, 0.15) is 0 Å². The molecule has 25 heavy (non-hydrogen) atoms. The van der Waals surface area contributed by atoms with Crippen molar-refractivity contribution in [3.63, 3.8) is 0 Å². The van der Waals surface area contributed by atoms with Crippen molar-refractivity contribution < 1.29 is 19.1 Å². The highest BCUT2D eigenvalue weighted by molar-refractivity contribution is 5.93. The third-order valence-electron chi connectivity index (χ3n) is 4.24. The van der Waals surface area contributed by atoms with Crippen LogP contribution in [0.15, 0.2) is 18.2 Å². The van der Waals surface area contributed by atoms with E-state index in [0.717, 1.165) is 16.8 Å². The minimum Gasteiger partial charge on any atom is -0.456 e. The van der Waals surface area contributed by atoms with E-state index in [-0.39, 0.29) is 18.4 Å². The highest BCUT2D eigenvalue weighted by Crippen LogP contribution is 2.19. The smallest absolute Gasteiger partial charge is 0.303 e. The second-order valence-electron chi connectivity index (χ2n) is 6.25. The van der Waals surface area contributed by atoms with Crippen LogP contribution in [0.5, 0.6) is 0 Å². The first-order valence-electron chi connectivity index (χ1n) is 8.36. The fourth-order valence-electron chi connectivity index (χ4n) is 2.80. The van der Waals surface area contributed by atoms with Crippen molar-refractivity contribution in [1.29, 1.82) is 0 Å². The highest BCUT2D eigenvalue weighted by atomic mass is 16.5. The van der Waals surface area contributed by atoms with Crippen molar-refractivity contribution in [1.82, 2.24) is 9.80 Å². The van der Waals surface area contributed by atoms with E-state index in [0.29, 0.717) is 32.7 Å². The monoisotopic (exact) mass is 347 g/mol. The molecule has 136 valence electrons. The maximum Gasteiger partial charge on any atom is 0.303 e. The van der Waals surface area contributed by atoms with Gasteiger partial charge < -0.3 is 15.0 Å². The minimum atomic E-state index is -0.463. The summed E-state index contributed by atoms with van der Waals surface area (Å²) in [7, 11) is 0. The second-order valence-corrected chi connectivity index (χ2v) is 6.25. The third kappa shape index (κ3) is 5.56. The normalized spacial score (nSPS) is 14.9. The van der Waals surface area contributed by atoms with E-state index >= 15 is 0 Å². The summed E-state index contributed by atoms with van der Waals surface area (Å²) in [6.45, 7) is 7.57. The number of benzene rings is 1. The Bertz CT molecular complexity index is 631. The molecule has 0 aromatic heterocycles. The first-order chi connectivity index (χ1) is 11.9. The molecule has 1 aliphatic rings. The van der Waals surface area contributed by atoms with Crippen LogP contribution in [0.4, 0.5) is 5.69 Å². The number of rotatable bonds is 5. The Hall–Kier alpha value is -2.41. The van der Waals surface area contributed by atoms with Gasteiger partial charge in [-0.05, 0) is 25.0 Å². The van der Waals surface area contributed by atoms with E-state index in [4.69, 9.17) is 4.74 Å². The van der Waals surface area contributed by atoms with Gasteiger partial charge >= 0.3 is 5.97 Å². The van der Waals surface area contributed by atoms with Gasteiger partial charge in [0.25, 0.3) is 5.91 Å².